The molecule has 1 rings (SSSR count). The Labute approximate surface area is 87.3 Å². The highest BCUT2D eigenvalue weighted by Crippen LogP contribution is 1.91. The average Bonchev–Trinajstić information content (AvgIpc) is 2.58. The largest absolute Gasteiger partial charge is 0.480 e. The maximum atomic E-state index is 10.4. The van der Waals surface area contributed by atoms with Crippen molar-refractivity contribution < 1.29 is 9.90 Å². The molecular weight excluding hydrogens is 198 g/mol. The van der Waals surface area contributed by atoms with Crippen molar-refractivity contribution in [2.75, 3.05) is 6.54 Å². The van der Waals surface area contributed by atoms with E-state index in [0.717, 1.165) is 5.82 Å². The zero-order chi connectivity index (χ0) is 11.3. The zero-order valence-corrected chi connectivity index (χ0v) is 8.55. The van der Waals surface area contributed by atoms with Gasteiger partial charge in [0.15, 0.2) is 0 Å². The van der Waals surface area contributed by atoms with Gasteiger partial charge in [0.25, 0.3) is 0 Å². The second kappa shape index (κ2) is 5.42. The number of nitrogens with zero attached hydrogens (tertiary/aromatic N) is 3. The lowest BCUT2D eigenvalue weighted by Gasteiger charge is -2.07. The summed E-state index contributed by atoms with van der Waals surface area (Å²) < 4.78 is 1.66. The Balaban J connectivity index is 2.17. The van der Waals surface area contributed by atoms with E-state index in [0.29, 0.717) is 19.5 Å². The molecule has 0 saturated carbocycles. The van der Waals surface area contributed by atoms with Gasteiger partial charge in [-0.2, -0.15) is 5.10 Å². The molecule has 0 amide bonds. The molecule has 7 heteroatoms. The van der Waals surface area contributed by atoms with Crippen LogP contribution < -0.4 is 11.1 Å². The zero-order valence-electron chi connectivity index (χ0n) is 8.55. The Kier molecular flexibility index (Phi) is 4.19. The molecule has 0 fully saturated rings. The van der Waals surface area contributed by atoms with E-state index in [4.69, 9.17) is 10.8 Å². The van der Waals surface area contributed by atoms with Crippen molar-refractivity contribution in [2.24, 2.45) is 12.8 Å². The molecule has 0 aliphatic rings. The third kappa shape index (κ3) is 3.64. The molecule has 1 atom stereocenters. The van der Waals surface area contributed by atoms with Gasteiger partial charge in [-0.3, -0.25) is 9.48 Å². The minimum absolute atomic E-state index is 0.396. The van der Waals surface area contributed by atoms with Crippen molar-refractivity contribution in [2.45, 2.75) is 19.0 Å². The van der Waals surface area contributed by atoms with E-state index >= 15 is 0 Å². The molecule has 0 saturated heterocycles. The smallest absolute Gasteiger partial charge is 0.320 e. The fraction of sp³-hybridized carbons (Fsp3) is 0.625. The molecule has 7 nitrogen and oxygen atoms in total. The summed E-state index contributed by atoms with van der Waals surface area (Å²) in [5, 5.41) is 15.5. The summed E-state index contributed by atoms with van der Waals surface area (Å²) >= 11 is 0. The monoisotopic (exact) mass is 213 g/mol. The number of aromatic nitrogens is 3. The molecule has 0 aliphatic heterocycles. The van der Waals surface area contributed by atoms with Crippen molar-refractivity contribution >= 4 is 5.97 Å². The second-order valence-electron chi connectivity index (χ2n) is 3.21. The van der Waals surface area contributed by atoms with Gasteiger partial charge in [0.2, 0.25) is 0 Å². The first kappa shape index (κ1) is 11.6. The first-order chi connectivity index (χ1) is 7.11. The van der Waals surface area contributed by atoms with Crippen molar-refractivity contribution in [1.82, 2.24) is 20.1 Å². The van der Waals surface area contributed by atoms with Gasteiger partial charge in [0.05, 0.1) is 6.54 Å². The number of nitrogens with two attached hydrogens (primary N) is 1. The molecule has 84 valence electrons. The second-order valence-corrected chi connectivity index (χ2v) is 3.21. The van der Waals surface area contributed by atoms with Gasteiger partial charge in [-0.1, -0.05) is 0 Å². The summed E-state index contributed by atoms with van der Waals surface area (Å²) in [5.74, 6) is -0.172. The number of rotatable bonds is 6. The number of hydrogen-bond donors (Lipinski definition) is 3. The van der Waals surface area contributed by atoms with Crippen LogP contribution in [-0.4, -0.2) is 38.4 Å². The predicted octanol–water partition coefficient (Wildman–Crippen LogP) is -1.29. The van der Waals surface area contributed by atoms with Gasteiger partial charge in [-0.15, -0.1) is 0 Å². The van der Waals surface area contributed by atoms with E-state index < -0.39 is 12.0 Å². The maximum absolute atomic E-state index is 10.4. The Morgan fingerprint density at radius 3 is 3.07 bits per heavy atom. The SMILES string of the molecule is Cn1ncnc1CNCCC(N)C(=O)O. The molecule has 1 aromatic rings. The van der Waals surface area contributed by atoms with Crippen LogP contribution in [0.5, 0.6) is 0 Å². The lowest BCUT2D eigenvalue weighted by Crippen LogP contribution is -2.33. The summed E-state index contributed by atoms with van der Waals surface area (Å²) in [6.07, 6.45) is 1.87. The average molecular weight is 213 g/mol. The van der Waals surface area contributed by atoms with E-state index in [1.54, 1.807) is 11.7 Å². The van der Waals surface area contributed by atoms with Crippen LogP contribution in [0, 0.1) is 0 Å². The predicted molar refractivity (Wildman–Crippen MR) is 52.9 cm³/mol. The minimum atomic E-state index is -0.976. The summed E-state index contributed by atoms with van der Waals surface area (Å²) in [6, 6.07) is -0.808. The van der Waals surface area contributed by atoms with E-state index in [2.05, 4.69) is 15.4 Å². The van der Waals surface area contributed by atoms with Gasteiger partial charge in [0.1, 0.15) is 18.2 Å². The summed E-state index contributed by atoms with van der Waals surface area (Å²) in [7, 11) is 1.80. The summed E-state index contributed by atoms with van der Waals surface area (Å²) in [4.78, 5) is 14.4. The van der Waals surface area contributed by atoms with Crippen LogP contribution in [0.25, 0.3) is 0 Å². The fourth-order valence-corrected chi connectivity index (χ4v) is 1.06. The summed E-state index contributed by atoms with van der Waals surface area (Å²) in [5.41, 5.74) is 5.33. The number of carboxylic acid groups (broad SMARTS) is 1. The molecular formula is C8H15N5O2. The molecule has 0 aliphatic carbocycles. The first-order valence-electron chi connectivity index (χ1n) is 4.63. The molecule has 1 heterocycles. The standard InChI is InChI=1S/C8H15N5O2/c1-13-7(11-5-12-13)4-10-3-2-6(9)8(14)15/h5-6,10H,2-4,9H2,1H3,(H,14,15). The molecule has 0 radical (unpaired) electrons. The van der Waals surface area contributed by atoms with Gasteiger partial charge in [-0.05, 0) is 13.0 Å². The van der Waals surface area contributed by atoms with Crippen LogP contribution in [0.15, 0.2) is 6.33 Å². The van der Waals surface area contributed by atoms with Crippen molar-refractivity contribution in [3.05, 3.63) is 12.2 Å². The lowest BCUT2D eigenvalue weighted by molar-refractivity contribution is -0.138. The minimum Gasteiger partial charge on any atom is -0.480 e. The van der Waals surface area contributed by atoms with E-state index in [1.165, 1.54) is 6.33 Å². The van der Waals surface area contributed by atoms with Gasteiger partial charge in [0, 0.05) is 7.05 Å². The Morgan fingerprint density at radius 1 is 1.80 bits per heavy atom. The molecule has 0 bridgehead atoms. The van der Waals surface area contributed by atoms with Crippen LogP contribution in [0.4, 0.5) is 0 Å². The number of carbonyl (C=O) groups is 1. The molecule has 4 N–H and O–H groups in total. The molecule has 15 heavy (non-hydrogen) atoms. The van der Waals surface area contributed by atoms with E-state index in [-0.39, 0.29) is 0 Å². The van der Waals surface area contributed by atoms with Gasteiger partial charge >= 0.3 is 5.97 Å². The van der Waals surface area contributed by atoms with Crippen molar-refractivity contribution in [3.8, 4) is 0 Å². The number of nitrogens with one attached hydrogen (secondary N) is 1. The van der Waals surface area contributed by atoms with Crippen LogP contribution >= 0.6 is 0 Å². The fourth-order valence-electron chi connectivity index (χ4n) is 1.06. The summed E-state index contributed by atoms with van der Waals surface area (Å²) in [6.45, 7) is 1.10. The molecule has 1 aromatic heterocycles. The van der Waals surface area contributed by atoms with Crippen LogP contribution in [-0.2, 0) is 18.4 Å². The normalized spacial score (nSPS) is 12.7. The number of hydrogen-bond acceptors (Lipinski definition) is 5. The number of aliphatic carboxylic acids is 1. The topological polar surface area (TPSA) is 106 Å². The lowest BCUT2D eigenvalue weighted by atomic mass is 10.2. The highest BCUT2D eigenvalue weighted by Gasteiger charge is 2.10. The van der Waals surface area contributed by atoms with E-state index in [9.17, 15) is 4.79 Å². The molecule has 0 aromatic carbocycles. The molecule has 0 spiro atoms. The third-order valence-electron chi connectivity index (χ3n) is 2.04. The van der Waals surface area contributed by atoms with Crippen molar-refractivity contribution in [1.29, 1.82) is 0 Å². The third-order valence-corrected chi connectivity index (χ3v) is 2.04. The van der Waals surface area contributed by atoms with Crippen LogP contribution in [0.1, 0.15) is 12.2 Å². The highest BCUT2D eigenvalue weighted by atomic mass is 16.4. The Hall–Kier alpha value is -1.47. The maximum Gasteiger partial charge on any atom is 0.320 e. The number of carboxylic acids is 1. The van der Waals surface area contributed by atoms with Gasteiger partial charge < -0.3 is 16.2 Å². The van der Waals surface area contributed by atoms with E-state index in [1.807, 2.05) is 0 Å². The van der Waals surface area contributed by atoms with Crippen molar-refractivity contribution in [3.63, 3.8) is 0 Å². The highest BCUT2D eigenvalue weighted by molar-refractivity contribution is 5.72. The Morgan fingerprint density at radius 2 is 2.53 bits per heavy atom. The quantitative estimate of drug-likeness (QED) is 0.507. The van der Waals surface area contributed by atoms with Crippen LogP contribution in [0.3, 0.4) is 0 Å². The number of aryl methyl sites for hydroxylation is 1. The first-order valence-corrected chi connectivity index (χ1v) is 4.63. The molecule has 1 unspecified atom stereocenters. The van der Waals surface area contributed by atoms with Gasteiger partial charge in [-0.25, -0.2) is 4.98 Å². The Bertz CT molecular complexity index is 325. The van der Waals surface area contributed by atoms with Crippen LogP contribution in [0.2, 0.25) is 0 Å².